The number of amides is 1. The minimum atomic E-state index is 0.0985. The van der Waals surface area contributed by atoms with E-state index in [0.717, 1.165) is 44.6 Å². The van der Waals surface area contributed by atoms with E-state index in [2.05, 4.69) is 20.2 Å². The third kappa shape index (κ3) is 2.60. The maximum atomic E-state index is 12.1. The minimum Gasteiger partial charge on any atom is -0.355 e. The minimum absolute atomic E-state index is 0.0985. The fraction of sp³-hybridized carbons (Fsp3) is 0.615. The summed E-state index contributed by atoms with van der Waals surface area (Å²) in [5.74, 6) is 1.19. The predicted octanol–water partition coefficient (Wildman–Crippen LogP) is 0.972. The standard InChI is InChI=1S/C13H18N4O/c18-13(16-11-3-4-11)10-2-1-7-17(9-10)12-8-14-5-6-15-12/h5-6,8,10-11H,1-4,7,9H2,(H,16,18). The molecule has 1 amide bonds. The van der Waals surface area contributed by atoms with E-state index >= 15 is 0 Å². The summed E-state index contributed by atoms with van der Waals surface area (Å²) in [7, 11) is 0. The van der Waals surface area contributed by atoms with E-state index in [4.69, 9.17) is 0 Å². The quantitative estimate of drug-likeness (QED) is 0.863. The van der Waals surface area contributed by atoms with E-state index in [1.54, 1.807) is 18.6 Å². The normalized spacial score (nSPS) is 23.8. The van der Waals surface area contributed by atoms with Gasteiger partial charge in [-0.2, -0.15) is 0 Å². The molecule has 1 aliphatic heterocycles. The van der Waals surface area contributed by atoms with E-state index in [9.17, 15) is 4.79 Å². The van der Waals surface area contributed by atoms with Gasteiger partial charge in [-0.15, -0.1) is 0 Å². The first kappa shape index (κ1) is 11.4. The number of carbonyl (C=O) groups is 1. The lowest BCUT2D eigenvalue weighted by atomic mass is 9.97. The summed E-state index contributed by atoms with van der Waals surface area (Å²) in [6, 6.07) is 0.449. The summed E-state index contributed by atoms with van der Waals surface area (Å²) in [4.78, 5) is 22.6. The van der Waals surface area contributed by atoms with Gasteiger partial charge in [-0.25, -0.2) is 4.98 Å². The maximum Gasteiger partial charge on any atom is 0.225 e. The molecule has 18 heavy (non-hydrogen) atoms. The molecule has 1 aliphatic carbocycles. The molecule has 1 saturated heterocycles. The van der Waals surface area contributed by atoms with E-state index in [1.807, 2.05) is 0 Å². The van der Waals surface area contributed by atoms with Gasteiger partial charge in [-0.3, -0.25) is 9.78 Å². The van der Waals surface area contributed by atoms with Gasteiger partial charge >= 0.3 is 0 Å². The van der Waals surface area contributed by atoms with Crippen LogP contribution in [0.1, 0.15) is 25.7 Å². The molecule has 0 aromatic carbocycles. The van der Waals surface area contributed by atoms with Crippen molar-refractivity contribution in [1.82, 2.24) is 15.3 Å². The molecule has 1 aromatic heterocycles. The summed E-state index contributed by atoms with van der Waals surface area (Å²) in [6.07, 6.45) is 9.45. The van der Waals surface area contributed by atoms with Crippen molar-refractivity contribution in [2.45, 2.75) is 31.7 Å². The molecule has 0 spiro atoms. The molecule has 1 saturated carbocycles. The highest BCUT2D eigenvalue weighted by Crippen LogP contribution is 2.23. The molecule has 0 radical (unpaired) electrons. The zero-order valence-electron chi connectivity index (χ0n) is 10.4. The number of nitrogens with zero attached hydrogens (tertiary/aromatic N) is 3. The lowest BCUT2D eigenvalue weighted by molar-refractivity contribution is -0.125. The summed E-state index contributed by atoms with van der Waals surface area (Å²) in [6.45, 7) is 1.73. The lowest BCUT2D eigenvalue weighted by Crippen LogP contribution is -2.44. The Morgan fingerprint density at radius 3 is 2.94 bits per heavy atom. The third-order valence-corrected chi connectivity index (χ3v) is 3.59. The van der Waals surface area contributed by atoms with Gasteiger partial charge in [0.05, 0.1) is 12.1 Å². The summed E-state index contributed by atoms with van der Waals surface area (Å²) < 4.78 is 0. The van der Waals surface area contributed by atoms with E-state index < -0.39 is 0 Å². The zero-order valence-corrected chi connectivity index (χ0v) is 10.4. The molecule has 2 heterocycles. The largest absolute Gasteiger partial charge is 0.355 e. The second-order valence-corrected chi connectivity index (χ2v) is 5.13. The number of hydrogen-bond acceptors (Lipinski definition) is 4. The maximum absolute atomic E-state index is 12.1. The van der Waals surface area contributed by atoms with Crippen LogP contribution < -0.4 is 10.2 Å². The van der Waals surface area contributed by atoms with Crippen molar-refractivity contribution >= 4 is 11.7 Å². The Kier molecular flexibility index (Phi) is 3.13. The van der Waals surface area contributed by atoms with Gasteiger partial charge in [0, 0.05) is 31.5 Å². The highest BCUT2D eigenvalue weighted by atomic mass is 16.2. The first-order chi connectivity index (χ1) is 8.83. The fourth-order valence-electron chi connectivity index (χ4n) is 2.40. The van der Waals surface area contributed by atoms with E-state index in [1.165, 1.54) is 0 Å². The SMILES string of the molecule is O=C(NC1CC1)C1CCCN(c2cnccn2)C1. The van der Waals surface area contributed by atoms with Crippen molar-refractivity contribution in [3.05, 3.63) is 18.6 Å². The molecule has 3 rings (SSSR count). The van der Waals surface area contributed by atoms with Gasteiger partial charge < -0.3 is 10.2 Å². The van der Waals surface area contributed by atoms with Crippen LogP contribution in [0.25, 0.3) is 0 Å². The van der Waals surface area contributed by atoms with Crippen molar-refractivity contribution in [2.24, 2.45) is 5.92 Å². The number of rotatable bonds is 3. The van der Waals surface area contributed by atoms with Gasteiger partial charge in [-0.1, -0.05) is 0 Å². The van der Waals surface area contributed by atoms with Crippen molar-refractivity contribution in [3.63, 3.8) is 0 Å². The van der Waals surface area contributed by atoms with E-state index in [-0.39, 0.29) is 11.8 Å². The molecule has 1 unspecified atom stereocenters. The summed E-state index contributed by atoms with van der Waals surface area (Å²) >= 11 is 0. The van der Waals surface area contributed by atoms with Crippen LogP contribution in [0.15, 0.2) is 18.6 Å². The van der Waals surface area contributed by atoms with Crippen LogP contribution >= 0.6 is 0 Å². The van der Waals surface area contributed by atoms with Crippen LogP contribution in [0.2, 0.25) is 0 Å². The number of aromatic nitrogens is 2. The van der Waals surface area contributed by atoms with Gasteiger partial charge in [0.2, 0.25) is 5.91 Å². The summed E-state index contributed by atoms with van der Waals surface area (Å²) in [5, 5.41) is 3.09. The molecule has 1 atom stereocenters. The average molecular weight is 246 g/mol. The second kappa shape index (κ2) is 4.92. The Morgan fingerprint density at radius 1 is 1.33 bits per heavy atom. The molecular formula is C13H18N4O. The molecule has 5 nitrogen and oxygen atoms in total. The van der Waals surface area contributed by atoms with Gasteiger partial charge in [0.25, 0.3) is 0 Å². The molecule has 96 valence electrons. The van der Waals surface area contributed by atoms with Crippen molar-refractivity contribution < 1.29 is 4.79 Å². The third-order valence-electron chi connectivity index (χ3n) is 3.59. The molecule has 2 aliphatic rings. The van der Waals surface area contributed by atoms with Crippen molar-refractivity contribution in [2.75, 3.05) is 18.0 Å². The number of hydrogen-bond donors (Lipinski definition) is 1. The predicted molar refractivity (Wildman–Crippen MR) is 68.1 cm³/mol. The average Bonchev–Trinajstić information content (AvgIpc) is 3.24. The Labute approximate surface area is 107 Å². The topological polar surface area (TPSA) is 58.1 Å². The van der Waals surface area contributed by atoms with Crippen LogP contribution in [-0.2, 0) is 4.79 Å². The van der Waals surface area contributed by atoms with Gasteiger partial charge in [-0.05, 0) is 25.7 Å². The highest BCUT2D eigenvalue weighted by molar-refractivity contribution is 5.80. The number of carbonyl (C=O) groups excluding carboxylic acids is 1. The zero-order chi connectivity index (χ0) is 12.4. The Morgan fingerprint density at radius 2 is 2.22 bits per heavy atom. The monoisotopic (exact) mass is 246 g/mol. The molecule has 0 bridgehead atoms. The van der Waals surface area contributed by atoms with Crippen LogP contribution in [-0.4, -0.2) is 35.0 Å². The lowest BCUT2D eigenvalue weighted by Gasteiger charge is -2.32. The second-order valence-electron chi connectivity index (χ2n) is 5.13. The molecule has 1 aromatic rings. The Balaban J connectivity index is 1.62. The van der Waals surface area contributed by atoms with Crippen molar-refractivity contribution in [3.8, 4) is 0 Å². The molecular weight excluding hydrogens is 228 g/mol. The Bertz CT molecular complexity index is 418. The fourth-order valence-corrected chi connectivity index (χ4v) is 2.40. The number of piperidine rings is 1. The van der Waals surface area contributed by atoms with Crippen molar-refractivity contribution in [1.29, 1.82) is 0 Å². The highest BCUT2D eigenvalue weighted by Gasteiger charge is 2.30. The van der Waals surface area contributed by atoms with Crippen LogP contribution in [0.5, 0.6) is 0 Å². The van der Waals surface area contributed by atoms with E-state index in [0.29, 0.717) is 6.04 Å². The van der Waals surface area contributed by atoms with Gasteiger partial charge in [0.15, 0.2) is 0 Å². The first-order valence-electron chi connectivity index (χ1n) is 6.64. The number of anilines is 1. The number of nitrogens with one attached hydrogen (secondary N) is 1. The summed E-state index contributed by atoms with van der Waals surface area (Å²) in [5.41, 5.74) is 0. The molecule has 5 heteroatoms. The van der Waals surface area contributed by atoms with Crippen LogP contribution in [0, 0.1) is 5.92 Å². The molecule has 2 fully saturated rings. The Hall–Kier alpha value is -1.65. The van der Waals surface area contributed by atoms with Crippen LogP contribution in [0.4, 0.5) is 5.82 Å². The molecule has 1 N–H and O–H groups in total. The van der Waals surface area contributed by atoms with Crippen LogP contribution in [0.3, 0.4) is 0 Å². The first-order valence-corrected chi connectivity index (χ1v) is 6.64. The van der Waals surface area contributed by atoms with Gasteiger partial charge in [0.1, 0.15) is 5.82 Å². The smallest absolute Gasteiger partial charge is 0.225 e.